The van der Waals surface area contributed by atoms with Crippen LogP contribution in [0.3, 0.4) is 0 Å². The lowest BCUT2D eigenvalue weighted by atomic mass is 10.1. The van der Waals surface area contributed by atoms with Gasteiger partial charge in [0.1, 0.15) is 5.82 Å². The Morgan fingerprint density at radius 3 is 2.57 bits per heavy atom. The first kappa shape index (κ1) is 18.7. The first-order valence-corrected chi connectivity index (χ1v) is 10.3. The molecule has 1 unspecified atom stereocenters. The number of hydrogen-bond acceptors (Lipinski definition) is 5. The van der Waals surface area contributed by atoms with Crippen molar-refractivity contribution < 1.29 is 0 Å². The molecular formula is C22H30N6. The molecule has 0 amide bonds. The second kappa shape index (κ2) is 8.19. The first-order chi connectivity index (χ1) is 13.6. The SMILES string of the molecule is CC(C)c1cnc2c(NC(C)c3ccccc3)cc(NC3CCNCC3)nn12. The Labute approximate surface area is 166 Å². The largest absolute Gasteiger partial charge is 0.375 e. The van der Waals surface area contributed by atoms with E-state index in [0.717, 1.165) is 48.8 Å². The number of rotatable bonds is 6. The third-order valence-electron chi connectivity index (χ3n) is 5.45. The zero-order chi connectivity index (χ0) is 19.5. The van der Waals surface area contributed by atoms with Gasteiger partial charge in [-0.05, 0) is 44.3 Å². The van der Waals surface area contributed by atoms with Gasteiger partial charge in [0.25, 0.3) is 0 Å². The van der Waals surface area contributed by atoms with Gasteiger partial charge in [-0.3, -0.25) is 0 Å². The third kappa shape index (κ3) is 3.97. The number of nitrogens with zero attached hydrogens (tertiary/aromatic N) is 3. The van der Waals surface area contributed by atoms with E-state index in [0.29, 0.717) is 12.0 Å². The minimum atomic E-state index is 0.179. The van der Waals surface area contributed by atoms with E-state index in [-0.39, 0.29) is 6.04 Å². The minimum Gasteiger partial charge on any atom is -0.375 e. The van der Waals surface area contributed by atoms with Gasteiger partial charge in [-0.1, -0.05) is 44.2 Å². The van der Waals surface area contributed by atoms with Crippen molar-refractivity contribution in [2.45, 2.75) is 51.6 Å². The molecule has 0 radical (unpaired) electrons. The summed E-state index contributed by atoms with van der Waals surface area (Å²) in [5, 5.41) is 15.6. The van der Waals surface area contributed by atoms with Crippen LogP contribution in [0.25, 0.3) is 5.65 Å². The predicted octanol–water partition coefficient (Wildman–Crippen LogP) is 4.19. The summed E-state index contributed by atoms with van der Waals surface area (Å²) < 4.78 is 1.99. The van der Waals surface area contributed by atoms with E-state index in [2.05, 4.69) is 72.0 Å². The molecule has 1 saturated heterocycles. The normalized spacial score (nSPS) is 16.4. The van der Waals surface area contributed by atoms with Crippen LogP contribution in [-0.2, 0) is 0 Å². The second-order valence-corrected chi connectivity index (χ2v) is 7.96. The fourth-order valence-corrected chi connectivity index (χ4v) is 3.79. The zero-order valence-electron chi connectivity index (χ0n) is 16.9. The lowest BCUT2D eigenvalue weighted by molar-refractivity contribution is 0.477. The van der Waals surface area contributed by atoms with E-state index in [1.54, 1.807) is 0 Å². The molecule has 3 aromatic rings. The van der Waals surface area contributed by atoms with Gasteiger partial charge >= 0.3 is 0 Å². The summed E-state index contributed by atoms with van der Waals surface area (Å²) in [5.74, 6) is 1.26. The Hall–Kier alpha value is -2.60. The molecule has 0 saturated carbocycles. The molecule has 1 aliphatic heterocycles. The smallest absolute Gasteiger partial charge is 0.177 e. The van der Waals surface area contributed by atoms with Crippen LogP contribution in [0.4, 0.5) is 11.5 Å². The summed E-state index contributed by atoms with van der Waals surface area (Å²) in [7, 11) is 0. The third-order valence-corrected chi connectivity index (χ3v) is 5.45. The van der Waals surface area contributed by atoms with Gasteiger partial charge in [-0.15, -0.1) is 5.10 Å². The maximum Gasteiger partial charge on any atom is 0.177 e. The number of hydrogen-bond donors (Lipinski definition) is 3. The van der Waals surface area contributed by atoms with E-state index < -0.39 is 0 Å². The highest BCUT2D eigenvalue weighted by Crippen LogP contribution is 2.27. The number of aromatic nitrogens is 3. The summed E-state index contributed by atoms with van der Waals surface area (Å²) in [6, 6.07) is 13.2. The lowest BCUT2D eigenvalue weighted by Gasteiger charge is -2.25. The molecule has 28 heavy (non-hydrogen) atoms. The van der Waals surface area contributed by atoms with Crippen LogP contribution in [0.15, 0.2) is 42.6 Å². The second-order valence-electron chi connectivity index (χ2n) is 7.96. The van der Waals surface area contributed by atoms with Gasteiger partial charge in [0.2, 0.25) is 0 Å². The predicted molar refractivity (Wildman–Crippen MR) is 115 cm³/mol. The van der Waals surface area contributed by atoms with Crippen molar-refractivity contribution in [2.75, 3.05) is 23.7 Å². The van der Waals surface area contributed by atoms with E-state index in [4.69, 9.17) is 5.10 Å². The molecule has 148 valence electrons. The summed E-state index contributed by atoms with van der Waals surface area (Å²) in [5.41, 5.74) is 4.26. The molecule has 6 nitrogen and oxygen atoms in total. The fourth-order valence-electron chi connectivity index (χ4n) is 3.79. The molecule has 2 aromatic heterocycles. The highest BCUT2D eigenvalue weighted by Gasteiger charge is 2.18. The van der Waals surface area contributed by atoms with E-state index >= 15 is 0 Å². The highest BCUT2D eigenvalue weighted by molar-refractivity contribution is 5.71. The molecule has 0 bridgehead atoms. The summed E-state index contributed by atoms with van der Waals surface area (Å²) in [6.45, 7) is 8.64. The van der Waals surface area contributed by atoms with Crippen molar-refractivity contribution in [2.24, 2.45) is 0 Å². The number of imidazole rings is 1. The van der Waals surface area contributed by atoms with Crippen LogP contribution in [0.2, 0.25) is 0 Å². The van der Waals surface area contributed by atoms with Crippen molar-refractivity contribution in [1.82, 2.24) is 19.9 Å². The molecule has 4 rings (SSSR count). The maximum atomic E-state index is 4.87. The topological polar surface area (TPSA) is 66.3 Å². The molecule has 6 heteroatoms. The van der Waals surface area contributed by atoms with Gasteiger partial charge < -0.3 is 16.0 Å². The number of piperidine rings is 1. The quantitative estimate of drug-likeness (QED) is 0.600. The molecule has 1 aliphatic rings. The summed E-state index contributed by atoms with van der Waals surface area (Å²) in [6.07, 6.45) is 4.17. The van der Waals surface area contributed by atoms with Crippen molar-refractivity contribution >= 4 is 17.2 Å². The number of fused-ring (bicyclic) bond motifs is 1. The molecule has 0 aliphatic carbocycles. The van der Waals surface area contributed by atoms with Crippen molar-refractivity contribution in [3.63, 3.8) is 0 Å². The number of nitrogens with one attached hydrogen (secondary N) is 3. The molecule has 3 N–H and O–H groups in total. The highest BCUT2D eigenvalue weighted by atomic mass is 15.3. The molecule has 3 heterocycles. The average molecular weight is 379 g/mol. The Morgan fingerprint density at radius 2 is 1.86 bits per heavy atom. The fraction of sp³-hybridized carbons (Fsp3) is 0.455. The molecule has 1 fully saturated rings. The average Bonchev–Trinajstić information content (AvgIpc) is 3.14. The Bertz CT molecular complexity index is 911. The van der Waals surface area contributed by atoms with E-state index in [1.165, 1.54) is 5.56 Å². The monoisotopic (exact) mass is 378 g/mol. The van der Waals surface area contributed by atoms with Crippen LogP contribution in [0.5, 0.6) is 0 Å². The molecular weight excluding hydrogens is 348 g/mol. The van der Waals surface area contributed by atoms with Crippen LogP contribution < -0.4 is 16.0 Å². The lowest BCUT2D eigenvalue weighted by Crippen LogP contribution is -2.35. The Balaban J connectivity index is 1.68. The van der Waals surface area contributed by atoms with E-state index in [9.17, 15) is 0 Å². The molecule has 1 aromatic carbocycles. The van der Waals surface area contributed by atoms with Crippen molar-refractivity contribution in [3.8, 4) is 0 Å². The van der Waals surface area contributed by atoms with Gasteiger partial charge in [0.15, 0.2) is 5.65 Å². The Kier molecular flexibility index (Phi) is 5.48. The summed E-state index contributed by atoms with van der Waals surface area (Å²) >= 11 is 0. The van der Waals surface area contributed by atoms with E-state index in [1.807, 2.05) is 16.8 Å². The standard InChI is InChI=1S/C22H30N6/c1-15(2)20-14-24-22-19(25-16(3)17-7-5-4-6-8-17)13-21(27-28(20)22)26-18-9-11-23-12-10-18/h4-8,13-16,18,23,25H,9-12H2,1-3H3,(H,26,27). The number of benzene rings is 1. The number of anilines is 2. The maximum absolute atomic E-state index is 4.87. The van der Waals surface area contributed by atoms with Crippen LogP contribution in [0, 0.1) is 0 Å². The van der Waals surface area contributed by atoms with Crippen LogP contribution in [-0.4, -0.2) is 33.7 Å². The van der Waals surface area contributed by atoms with Crippen LogP contribution in [0.1, 0.15) is 56.8 Å². The van der Waals surface area contributed by atoms with Gasteiger partial charge in [0.05, 0.1) is 17.6 Å². The minimum absolute atomic E-state index is 0.179. The van der Waals surface area contributed by atoms with Crippen LogP contribution >= 0.6 is 0 Å². The summed E-state index contributed by atoms with van der Waals surface area (Å²) in [4.78, 5) is 4.67. The van der Waals surface area contributed by atoms with Crippen molar-refractivity contribution in [1.29, 1.82) is 0 Å². The van der Waals surface area contributed by atoms with Gasteiger partial charge in [0, 0.05) is 18.2 Å². The molecule has 1 atom stereocenters. The molecule has 0 spiro atoms. The van der Waals surface area contributed by atoms with Gasteiger partial charge in [-0.25, -0.2) is 9.50 Å². The van der Waals surface area contributed by atoms with Gasteiger partial charge in [-0.2, -0.15) is 0 Å². The Morgan fingerprint density at radius 1 is 1.11 bits per heavy atom. The first-order valence-electron chi connectivity index (χ1n) is 10.3. The zero-order valence-corrected chi connectivity index (χ0v) is 16.9. The van der Waals surface area contributed by atoms with Crippen molar-refractivity contribution in [3.05, 3.63) is 53.9 Å².